The molecule has 1 aromatic carbocycles. The normalized spacial score (nSPS) is 15.3. The van der Waals surface area contributed by atoms with E-state index >= 15 is 0 Å². The number of nitrogens with two attached hydrogens (primary N) is 1. The molecule has 1 unspecified atom stereocenters. The summed E-state index contributed by atoms with van der Waals surface area (Å²) in [5.41, 5.74) is 3.50. The predicted molar refractivity (Wildman–Crippen MR) is 149 cm³/mol. The molecule has 1 rings (SSSR count). The van der Waals surface area contributed by atoms with E-state index in [0.717, 1.165) is 16.3 Å². The van der Waals surface area contributed by atoms with Gasteiger partial charge in [-0.1, -0.05) is 56.3 Å². The molecule has 0 saturated carbocycles. The number of aliphatic imine (C=N–C) groups is 1. The molecule has 11 nitrogen and oxygen atoms in total. The van der Waals surface area contributed by atoms with E-state index < -0.39 is 35.0 Å². The van der Waals surface area contributed by atoms with Gasteiger partial charge in [-0.05, 0) is 46.5 Å². The molecule has 0 spiro atoms. The zero-order valence-corrected chi connectivity index (χ0v) is 24.5. The van der Waals surface area contributed by atoms with Gasteiger partial charge in [-0.2, -0.15) is 0 Å². The third-order valence-corrected chi connectivity index (χ3v) is 6.02. The van der Waals surface area contributed by atoms with Gasteiger partial charge < -0.3 is 25.3 Å². The summed E-state index contributed by atoms with van der Waals surface area (Å²) in [5.74, 6) is 0.108. The summed E-state index contributed by atoms with van der Waals surface area (Å²) in [6, 6.07) is 9.77. The Morgan fingerprint density at radius 3 is 2.13 bits per heavy atom. The summed E-state index contributed by atoms with van der Waals surface area (Å²) in [5, 5.41) is 17.6. The average molecular weight is 535 g/mol. The van der Waals surface area contributed by atoms with Gasteiger partial charge in [0.05, 0.1) is 0 Å². The standard InChI is InChI=1S/C27H46N6O5/c1-19(28)31-38-22(34)27(8,25(2,3)4)30-23(35)33(24(36)37-26(5,6)7)18-14-17-32(10)21(29-9)20-15-12-11-13-16-20/h11-13,15-16,23,30,35H,14,17-18H2,1-10H3,(H2,28,31)/t23?,27-/m0/s1. The fourth-order valence-corrected chi connectivity index (χ4v) is 3.45. The maximum absolute atomic E-state index is 13.1. The summed E-state index contributed by atoms with van der Waals surface area (Å²) in [6.07, 6.45) is -1.82. The molecule has 38 heavy (non-hydrogen) atoms. The molecule has 4 N–H and O–H groups in total. The zero-order chi connectivity index (χ0) is 29.3. The number of rotatable bonds is 10. The van der Waals surface area contributed by atoms with Crippen LogP contribution in [0.2, 0.25) is 0 Å². The van der Waals surface area contributed by atoms with Gasteiger partial charge in [0.25, 0.3) is 0 Å². The molecule has 2 atom stereocenters. The molecule has 0 aliphatic heterocycles. The van der Waals surface area contributed by atoms with Crippen LogP contribution in [0.25, 0.3) is 0 Å². The first kappa shape index (κ1) is 32.8. The Morgan fingerprint density at radius 1 is 1.08 bits per heavy atom. The average Bonchev–Trinajstić information content (AvgIpc) is 2.79. The lowest BCUT2D eigenvalue weighted by Gasteiger charge is -2.43. The number of carbonyl (C=O) groups excluding carboxylic acids is 2. The number of aliphatic hydroxyl groups is 1. The van der Waals surface area contributed by atoms with Crippen molar-refractivity contribution in [1.82, 2.24) is 15.1 Å². The Hall–Kier alpha value is -3.18. The minimum absolute atomic E-state index is 0.0696. The Morgan fingerprint density at radius 2 is 1.66 bits per heavy atom. The van der Waals surface area contributed by atoms with Gasteiger partial charge in [-0.3, -0.25) is 15.2 Å². The molecule has 0 saturated heterocycles. The Bertz CT molecular complexity index is 980. The number of carbonyl (C=O) groups is 2. The van der Waals surface area contributed by atoms with E-state index in [9.17, 15) is 14.7 Å². The minimum atomic E-state index is -1.57. The van der Waals surface area contributed by atoms with Crippen LogP contribution in [0, 0.1) is 5.41 Å². The quantitative estimate of drug-likeness (QED) is 0.137. The predicted octanol–water partition coefficient (Wildman–Crippen LogP) is 3.13. The highest BCUT2D eigenvalue weighted by Crippen LogP contribution is 2.32. The van der Waals surface area contributed by atoms with Gasteiger partial charge in [0, 0.05) is 32.7 Å². The third-order valence-electron chi connectivity index (χ3n) is 6.02. The Labute approximate surface area is 227 Å². The first-order valence-electron chi connectivity index (χ1n) is 12.6. The second kappa shape index (κ2) is 13.6. The van der Waals surface area contributed by atoms with Crippen LogP contribution in [0.5, 0.6) is 0 Å². The van der Waals surface area contributed by atoms with Crippen LogP contribution in [0.3, 0.4) is 0 Å². The van der Waals surface area contributed by atoms with Crippen LogP contribution in [0.4, 0.5) is 4.79 Å². The van der Waals surface area contributed by atoms with Crippen LogP contribution in [0.15, 0.2) is 40.5 Å². The molecule has 11 heteroatoms. The number of hydrogen-bond donors (Lipinski definition) is 3. The van der Waals surface area contributed by atoms with E-state index in [1.807, 2.05) is 42.3 Å². The zero-order valence-electron chi connectivity index (χ0n) is 24.5. The van der Waals surface area contributed by atoms with Gasteiger partial charge in [0.2, 0.25) is 0 Å². The molecule has 0 fully saturated rings. The van der Waals surface area contributed by atoms with Crippen LogP contribution in [-0.4, -0.2) is 83.3 Å². The molecule has 0 aliphatic rings. The van der Waals surface area contributed by atoms with Gasteiger partial charge >= 0.3 is 12.1 Å². The lowest BCUT2D eigenvalue weighted by Crippen LogP contribution is -2.66. The number of benzene rings is 1. The SMILES string of the molecule is CN=C(c1ccccc1)N(C)CCCN(C(=O)OC(C)(C)C)C(O)N[C@@](C)(C(=O)O/N=C(/C)N)C(C)(C)C. The second-order valence-electron chi connectivity index (χ2n) is 11.4. The molecule has 0 radical (unpaired) electrons. The number of nitrogens with one attached hydrogen (secondary N) is 1. The van der Waals surface area contributed by atoms with Crippen molar-refractivity contribution in [2.45, 2.75) is 79.3 Å². The summed E-state index contributed by atoms with van der Waals surface area (Å²) in [6.45, 7) is 14.4. The third kappa shape index (κ3) is 9.60. The van der Waals surface area contributed by atoms with Crippen molar-refractivity contribution < 1.29 is 24.3 Å². The van der Waals surface area contributed by atoms with Gasteiger partial charge in [-0.15, -0.1) is 0 Å². The maximum atomic E-state index is 13.1. The fraction of sp³-hybridized carbons (Fsp3) is 0.630. The molecule has 0 heterocycles. The number of hydrogen-bond acceptors (Lipinski definition) is 8. The highest BCUT2D eigenvalue weighted by molar-refractivity contribution is 5.98. The second-order valence-corrected chi connectivity index (χ2v) is 11.4. The highest BCUT2D eigenvalue weighted by Gasteiger charge is 2.48. The highest BCUT2D eigenvalue weighted by atomic mass is 16.7. The number of ether oxygens (including phenoxy) is 1. The largest absolute Gasteiger partial charge is 0.444 e. The van der Waals surface area contributed by atoms with E-state index in [1.165, 1.54) is 6.92 Å². The van der Waals surface area contributed by atoms with Crippen molar-refractivity contribution in [2.24, 2.45) is 21.3 Å². The smallest absolute Gasteiger partial charge is 0.413 e. The van der Waals surface area contributed by atoms with Crippen molar-refractivity contribution in [3.05, 3.63) is 35.9 Å². The van der Waals surface area contributed by atoms with Crippen molar-refractivity contribution in [1.29, 1.82) is 0 Å². The molecule has 214 valence electrons. The molecule has 0 aromatic heterocycles. The van der Waals surface area contributed by atoms with E-state index in [2.05, 4.69) is 15.5 Å². The van der Waals surface area contributed by atoms with Crippen LogP contribution < -0.4 is 11.1 Å². The summed E-state index contributed by atoms with van der Waals surface area (Å²) >= 11 is 0. The number of aliphatic hydroxyl groups excluding tert-OH is 1. The first-order valence-corrected chi connectivity index (χ1v) is 12.6. The lowest BCUT2D eigenvalue weighted by molar-refractivity contribution is -0.161. The molecule has 1 aromatic rings. The Balaban J connectivity index is 3.14. The van der Waals surface area contributed by atoms with Crippen LogP contribution >= 0.6 is 0 Å². The van der Waals surface area contributed by atoms with Gasteiger partial charge in [-0.25, -0.2) is 9.59 Å². The molecular weight excluding hydrogens is 488 g/mol. The molecule has 0 bridgehead atoms. The maximum Gasteiger partial charge on any atom is 0.413 e. The van der Waals surface area contributed by atoms with E-state index in [4.69, 9.17) is 15.3 Å². The number of amides is 1. The molecular formula is C27H46N6O5. The fourth-order valence-electron chi connectivity index (χ4n) is 3.45. The van der Waals surface area contributed by atoms with E-state index in [-0.39, 0.29) is 12.4 Å². The van der Waals surface area contributed by atoms with Crippen molar-refractivity contribution in [2.75, 3.05) is 27.2 Å². The minimum Gasteiger partial charge on any atom is -0.444 e. The summed E-state index contributed by atoms with van der Waals surface area (Å²) in [4.78, 5) is 38.7. The van der Waals surface area contributed by atoms with Crippen LogP contribution in [-0.2, 0) is 14.4 Å². The van der Waals surface area contributed by atoms with Crippen molar-refractivity contribution in [3.63, 3.8) is 0 Å². The van der Waals surface area contributed by atoms with Crippen molar-refractivity contribution in [3.8, 4) is 0 Å². The first-order chi connectivity index (χ1) is 17.4. The van der Waals surface area contributed by atoms with Crippen molar-refractivity contribution >= 4 is 23.7 Å². The summed E-state index contributed by atoms with van der Waals surface area (Å²) in [7, 11) is 3.64. The van der Waals surface area contributed by atoms with Crippen LogP contribution in [0.1, 0.15) is 67.4 Å². The van der Waals surface area contributed by atoms with E-state index in [0.29, 0.717) is 13.0 Å². The van der Waals surface area contributed by atoms with Gasteiger partial charge in [0.15, 0.2) is 6.35 Å². The molecule has 1 amide bonds. The van der Waals surface area contributed by atoms with E-state index in [1.54, 1.807) is 55.5 Å². The molecule has 0 aliphatic carbocycles. The Kier molecular flexibility index (Phi) is 11.7. The number of nitrogens with zero attached hydrogens (tertiary/aromatic N) is 4. The van der Waals surface area contributed by atoms with Gasteiger partial charge in [0.1, 0.15) is 22.8 Å². The summed E-state index contributed by atoms with van der Waals surface area (Å²) < 4.78 is 5.55. The monoisotopic (exact) mass is 534 g/mol. The lowest BCUT2D eigenvalue weighted by atomic mass is 9.75. The topological polar surface area (TPSA) is 142 Å². The number of amidine groups is 2. The number of oxime groups is 1.